The van der Waals surface area contributed by atoms with Crippen molar-refractivity contribution in [2.45, 2.75) is 12.9 Å². The van der Waals surface area contributed by atoms with Gasteiger partial charge < -0.3 is 24.8 Å². The molecule has 162 valence electrons. The number of aromatic nitrogens is 2. The number of anilines is 2. The van der Waals surface area contributed by atoms with Crippen molar-refractivity contribution in [3.05, 3.63) is 59.9 Å². The summed E-state index contributed by atoms with van der Waals surface area (Å²) in [5, 5.41) is 9.90. The number of fused-ring (bicyclic) bond motifs is 1. The third-order valence-corrected chi connectivity index (χ3v) is 4.42. The SMILES string of the molecule is Cn1ncc(NCc2ccc3c(c2)OCO3)c1C(=O)Nc1ccc(OC(F)(F)F)cc1. The molecular weight excluding hydrogens is 417 g/mol. The van der Waals surface area contributed by atoms with Gasteiger partial charge in [-0.3, -0.25) is 9.48 Å². The zero-order chi connectivity index (χ0) is 22.0. The van der Waals surface area contributed by atoms with Crippen molar-refractivity contribution in [3.8, 4) is 17.2 Å². The third kappa shape index (κ3) is 4.82. The summed E-state index contributed by atoms with van der Waals surface area (Å²) >= 11 is 0. The van der Waals surface area contributed by atoms with Crippen LogP contribution in [0.2, 0.25) is 0 Å². The van der Waals surface area contributed by atoms with E-state index in [0.717, 1.165) is 17.7 Å². The normalized spacial score (nSPS) is 12.5. The van der Waals surface area contributed by atoms with Gasteiger partial charge in [0.15, 0.2) is 11.5 Å². The van der Waals surface area contributed by atoms with Crippen LogP contribution in [0, 0.1) is 0 Å². The topological polar surface area (TPSA) is 86.6 Å². The van der Waals surface area contributed by atoms with Gasteiger partial charge in [-0.1, -0.05) is 6.07 Å². The van der Waals surface area contributed by atoms with Crippen LogP contribution in [0.25, 0.3) is 0 Å². The molecule has 11 heteroatoms. The van der Waals surface area contributed by atoms with Gasteiger partial charge in [0.05, 0.1) is 11.9 Å². The number of carbonyl (C=O) groups excluding carboxylic acids is 1. The molecule has 0 fully saturated rings. The lowest BCUT2D eigenvalue weighted by atomic mass is 10.2. The van der Waals surface area contributed by atoms with E-state index in [-0.39, 0.29) is 18.2 Å². The largest absolute Gasteiger partial charge is 0.573 e. The predicted molar refractivity (Wildman–Crippen MR) is 104 cm³/mol. The number of benzene rings is 2. The summed E-state index contributed by atoms with van der Waals surface area (Å²) in [4.78, 5) is 12.7. The maximum Gasteiger partial charge on any atom is 0.573 e. The molecule has 0 spiro atoms. The van der Waals surface area contributed by atoms with E-state index in [1.165, 1.54) is 23.0 Å². The molecule has 8 nitrogen and oxygen atoms in total. The summed E-state index contributed by atoms with van der Waals surface area (Å²) in [5.41, 5.74) is 1.98. The van der Waals surface area contributed by atoms with Gasteiger partial charge in [-0.2, -0.15) is 5.10 Å². The predicted octanol–water partition coefficient (Wildman–Crippen LogP) is 3.91. The fourth-order valence-electron chi connectivity index (χ4n) is 3.01. The number of halogens is 3. The fraction of sp³-hybridized carbons (Fsp3) is 0.200. The lowest BCUT2D eigenvalue weighted by molar-refractivity contribution is -0.274. The van der Waals surface area contributed by atoms with Crippen molar-refractivity contribution in [2.24, 2.45) is 7.05 Å². The van der Waals surface area contributed by atoms with Crippen molar-refractivity contribution in [2.75, 3.05) is 17.4 Å². The first-order valence-electron chi connectivity index (χ1n) is 9.10. The Labute approximate surface area is 174 Å². The van der Waals surface area contributed by atoms with Gasteiger partial charge in [0, 0.05) is 19.3 Å². The number of nitrogens with one attached hydrogen (secondary N) is 2. The molecular formula is C20H17F3N4O4. The van der Waals surface area contributed by atoms with Crippen LogP contribution in [0.15, 0.2) is 48.7 Å². The number of amides is 1. The van der Waals surface area contributed by atoms with Crippen LogP contribution in [0.5, 0.6) is 17.2 Å². The first-order chi connectivity index (χ1) is 14.8. The smallest absolute Gasteiger partial charge is 0.454 e. The average molecular weight is 434 g/mol. The maximum atomic E-state index is 12.7. The van der Waals surface area contributed by atoms with Crippen LogP contribution >= 0.6 is 0 Å². The first kappa shape index (κ1) is 20.4. The summed E-state index contributed by atoms with van der Waals surface area (Å²) < 4.78 is 52.7. The van der Waals surface area contributed by atoms with Gasteiger partial charge in [-0.15, -0.1) is 13.2 Å². The van der Waals surface area contributed by atoms with Crippen LogP contribution in [-0.4, -0.2) is 28.8 Å². The van der Waals surface area contributed by atoms with E-state index in [4.69, 9.17) is 9.47 Å². The maximum absolute atomic E-state index is 12.7. The highest BCUT2D eigenvalue weighted by Gasteiger charge is 2.31. The molecule has 1 aliphatic heterocycles. The lowest BCUT2D eigenvalue weighted by Gasteiger charge is -2.11. The quantitative estimate of drug-likeness (QED) is 0.612. The Morgan fingerprint density at radius 3 is 2.65 bits per heavy atom. The summed E-state index contributed by atoms with van der Waals surface area (Å²) in [6.45, 7) is 0.592. The van der Waals surface area contributed by atoms with Crippen LogP contribution < -0.4 is 24.8 Å². The van der Waals surface area contributed by atoms with Crippen molar-refractivity contribution >= 4 is 17.3 Å². The van der Waals surface area contributed by atoms with E-state index >= 15 is 0 Å². The number of carbonyl (C=O) groups is 1. The van der Waals surface area contributed by atoms with Crippen LogP contribution in [-0.2, 0) is 13.6 Å². The molecule has 0 atom stereocenters. The van der Waals surface area contributed by atoms with Gasteiger partial charge in [0.25, 0.3) is 5.91 Å². The van der Waals surface area contributed by atoms with Gasteiger partial charge in [0.2, 0.25) is 6.79 Å². The second-order valence-corrected chi connectivity index (χ2v) is 6.60. The Kier molecular flexibility index (Phi) is 5.32. The molecule has 3 aromatic rings. The molecule has 2 N–H and O–H groups in total. The summed E-state index contributed by atoms with van der Waals surface area (Å²) in [5.74, 6) is 0.480. The Morgan fingerprint density at radius 1 is 1.16 bits per heavy atom. The van der Waals surface area contributed by atoms with E-state index < -0.39 is 12.3 Å². The van der Waals surface area contributed by atoms with E-state index in [1.54, 1.807) is 7.05 Å². The molecule has 0 saturated carbocycles. The molecule has 1 aliphatic rings. The molecule has 0 saturated heterocycles. The number of hydrogen-bond donors (Lipinski definition) is 2. The fourth-order valence-corrected chi connectivity index (χ4v) is 3.01. The molecule has 2 heterocycles. The molecule has 0 unspecified atom stereocenters. The second-order valence-electron chi connectivity index (χ2n) is 6.60. The zero-order valence-corrected chi connectivity index (χ0v) is 16.2. The summed E-state index contributed by atoms with van der Waals surface area (Å²) in [6, 6.07) is 10.4. The van der Waals surface area contributed by atoms with E-state index in [0.29, 0.717) is 29.4 Å². The monoisotopic (exact) mass is 434 g/mol. The first-order valence-corrected chi connectivity index (χ1v) is 9.10. The standard InChI is InChI=1S/C20H17F3N4O4/c1-27-18(19(28)26-13-3-5-14(6-4-13)31-20(21,22)23)15(10-25-27)24-9-12-2-7-16-17(8-12)30-11-29-16/h2-8,10,24H,9,11H2,1H3,(H,26,28). The van der Waals surface area contributed by atoms with Gasteiger partial charge in [-0.25, -0.2) is 0 Å². The molecule has 1 aromatic heterocycles. The van der Waals surface area contributed by atoms with Crippen molar-refractivity contribution in [1.82, 2.24) is 9.78 Å². The highest BCUT2D eigenvalue weighted by molar-refractivity contribution is 6.06. The van der Waals surface area contributed by atoms with Crippen LogP contribution in [0.1, 0.15) is 16.1 Å². The van der Waals surface area contributed by atoms with E-state index in [2.05, 4.69) is 20.5 Å². The Balaban J connectivity index is 1.42. The van der Waals surface area contributed by atoms with Gasteiger partial charge >= 0.3 is 6.36 Å². The van der Waals surface area contributed by atoms with Crippen LogP contribution in [0.4, 0.5) is 24.5 Å². The number of ether oxygens (including phenoxy) is 3. The van der Waals surface area contributed by atoms with E-state index in [1.807, 2.05) is 18.2 Å². The van der Waals surface area contributed by atoms with Gasteiger partial charge in [-0.05, 0) is 42.0 Å². The molecule has 31 heavy (non-hydrogen) atoms. The van der Waals surface area contributed by atoms with Crippen molar-refractivity contribution in [1.29, 1.82) is 0 Å². The highest BCUT2D eigenvalue weighted by atomic mass is 19.4. The van der Waals surface area contributed by atoms with Crippen molar-refractivity contribution in [3.63, 3.8) is 0 Å². The molecule has 2 aromatic carbocycles. The second kappa shape index (κ2) is 8.09. The minimum atomic E-state index is -4.78. The minimum Gasteiger partial charge on any atom is -0.454 e. The Morgan fingerprint density at radius 2 is 1.90 bits per heavy atom. The van der Waals surface area contributed by atoms with E-state index in [9.17, 15) is 18.0 Å². The number of nitrogens with zero attached hydrogens (tertiary/aromatic N) is 2. The lowest BCUT2D eigenvalue weighted by Crippen LogP contribution is -2.18. The van der Waals surface area contributed by atoms with Crippen molar-refractivity contribution < 1.29 is 32.2 Å². The summed E-state index contributed by atoms with van der Waals surface area (Å²) in [6.07, 6.45) is -3.26. The molecule has 1 amide bonds. The zero-order valence-electron chi connectivity index (χ0n) is 16.2. The van der Waals surface area contributed by atoms with Gasteiger partial charge in [0.1, 0.15) is 11.4 Å². The number of aryl methyl sites for hydroxylation is 1. The highest BCUT2D eigenvalue weighted by Crippen LogP contribution is 2.32. The minimum absolute atomic E-state index is 0.183. The molecule has 0 radical (unpaired) electrons. The number of rotatable bonds is 6. The third-order valence-electron chi connectivity index (χ3n) is 4.42. The average Bonchev–Trinajstić information content (AvgIpc) is 3.32. The summed E-state index contributed by atoms with van der Waals surface area (Å²) in [7, 11) is 1.61. The Hall–Kier alpha value is -3.89. The number of alkyl halides is 3. The van der Waals surface area contributed by atoms with Crippen LogP contribution in [0.3, 0.4) is 0 Å². The molecule has 0 bridgehead atoms. The number of hydrogen-bond acceptors (Lipinski definition) is 6. The Bertz CT molecular complexity index is 1100. The molecule has 0 aliphatic carbocycles. The molecule has 4 rings (SSSR count).